The fourth-order valence-corrected chi connectivity index (χ4v) is 4.79. The van der Waals surface area contributed by atoms with Gasteiger partial charge in [-0.1, -0.05) is 26.2 Å². The van der Waals surface area contributed by atoms with Crippen molar-refractivity contribution in [3.05, 3.63) is 16.1 Å². The molecule has 3 rings (SSSR count). The van der Waals surface area contributed by atoms with Crippen molar-refractivity contribution < 1.29 is 4.79 Å². The first kappa shape index (κ1) is 20.1. The maximum atomic E-state index is 12.7. The van der Waals surface area contributed by atoms with Crippen LogP contribution in [0.15, 0.2) is 10.4 Å². The molecule has 1 saturated heterocycles. The first-order valence-corrected chi connectivity index (χ1v) is 11.3. The second kappa shape index (κ2) is 10.1. The van der Waals surface area contributed by atoms with Crippen LogP contribution in [-0.4, -0.2) is 54.5 Å². The average Bonchev–Trinajstić information content (AvgIpc) is 3.36. The largest absolute Gasteiger partial charge is 0.356 e. The van der Waals surface area contributed by atoms with Crippen molar-refractivity contribution in [3.8, 4) is 0 Å². The van der Waals surface area contributed by atoms with E-state index in [1.54, 1.807) is 18.4 Å². The number of aryl methyl sites for hydroxylation is 1. The van der Waals surface area contributed by atoms with Crippen LogP contribution in [0, 0.1) is 5.92 Å². The number of likely N-dealkylation sites (tertiary alicyclic amines) is 1. The SMILES string of the molecule is CCc1nc(CCNC(=NC)NC2CCN(C(=O)C3CCCCC3)C2)cs1. The maximum absolute atomic E-state index is 12.7. The Hall–Kier alpha value is -1.63. The minimum atomic E-state index is 0.265. The summed E-state index contributed by atoms with van der Waals surface area (Å²) in [7, 11) is 1.80. The minimum absolute atomic E-state index is 0.265. The molecule has 27 heavy (non-hydrogen) atoms. The van der Waals surface area contributed by atoms with Crippen LogP contribution in [0.1, 0.15) is 56.2 Å². The number of carbonyl (C=O) groups excluding carboxylic acids is 1. The zero-order chi connectivity index (χ0) is 19.1. The summed E-state index contributed by atoms with van der Waals surface area (Å²) in [5.74, 6) is 1.45. The lowest BCUT2D eigenvalue weighted by Gasteiger charge is -2.26. The maximum Gasteiger partial charge on any atom is 0.225 e. The van der Waals surface area contributed by atoms with Gasteiger partial charge in [0.2, 0.25) is 5.91 Å². The quantitative estimate of drug-likeness (QED) is 0.578. The molecule has 2 fully saturated rings. The van der Waals surface area contributed by atoms with E-state index in [0.717, 1.165) is 63.4 Å². The molecule has 0 bridgehead atoms. The van der Waals surface area contributed by atoms with Gasteiger partial charge in [-0.2, -0.15) is 0 Å². The molecular weight excluding hydrogens is 358 g/mol. The molecule has 1 amide bonds. The normalized spacial score (nSPS) is 21.5. The predicted octanol–water partition coefficient (Wildman–Crippen LogP) is 2.59. The number of nitrogens with one attached hydrogen (secondary N) is 2. The lowest BCUT2D eigenvalue weighted by molar-refractivity contribution is -0.135. The molecule has 2 aliphatic rings. The molecule has 1 atom stereocenters. The van der Waals surface area contributed by atoms with Gasteiger partial charge < -0.3 is 15.5 Å². The predicted molar refractivity (Wildman–Crippen MR) is 111 cm³/mol. The van der Waals surface area contributed by atoms with Crippen LogP contribution in [0.2, 0.25) is 0 Å². The molecule has 6 nitrogen and oxygen atoms in total. The van der Waals surface area contributed by atoms with Crippen molar-refractivity contribution in [1.29, 1.82) is 0 Å². The Morgan fingerprint density at radius 3 is 2.85 bits per heavy atom. The number of rotatable bonds is 6. The molecule has 1 unspecified atom stereocenters. The minimum Gasteiger partial charge on any atom is -0.356 e. The summed E-state index contributed by atoms with van der Waals surface area (Å²) in [5.41, 5.74) is 1.14. The van der Waals surface area contributed by atoms with Gasteiger partial charge in [0.25, 0.3) is 0 Å². The summed E-state index contributed by atoms with van der Waals surface area (Å²) in [4.78, 5) is 23.7. The Bertz CT molecular complexity index is 638. The highest BCUT2D eigenvalue weighted by Crippen LogP contribution is 2.26. The smallest absolute Gasteiger partial charge is 0.225 e. The van der Waals surface area contributed by atoms with E-state index in [-0.39, 0.29) is 12.0 Å². The Labute approximate surface area is 166 Å². The van der Waals surface area contributed by atoms with Crippen LogP contribution < -0.4 is 10.6 Å². The number of amides is 1. The van der Waals surface area contributed by atoms with E-state index in [9.17, 15) is 4.79 Å². The summed E-state index contributed by atoms with van der Waals surface area (Å²) in [5, 5.41) is 10.2. The Balaban J connectivity index is 1.40. The van der Waals surface area contributed by atoms with Crippen molar-refractivity contribution in [2.75, 3.05) is 26.7 Å². The van der Waals surface area contributed by atoms with Gasteiger partial charge in [-0.3, -0.25) is 9.79 Å². The Kier molecular flexibility index (Phi) is 7.50. The van der Waals surface area contributed by atoms with Crippen LogP contribution in [0.25, 0.3) is 0 Å². The number of guanidine groups is 1. The molecule has 1 aromatic rings. The summed E-state index contributed by atoms with van der Waals surface area (Å²) in [6, 6.07) is 0.287. The van der Waals surface area contributed by atoms with Gasteiger partial charge in [0, 0.05) is 50.4 Å². The van der Waals surface area contributed by atoms with Gasteiger partial charge in [-0.25, -0.2) is 4.98 Å². The third kappa shape index (κ3) is 5.67. The summed E-state index contributed by atoms with van der Waals surface area (Å²) in [6.07, 6.45) is 8.75. The van der Waals surface area contributed by atoms with Crippen molar-refractivity contribution in [1.82, 2.24) is 20.5 Å². The van der Waals surface area contributed by atoms with Crippen LogP contribution in [0.4, 0.5) is 0 Å². The van der Waals surface area contributed by atoms with Crippen LogP contribution in [0.3, 0.4) is 0 Å². The van der Waals surface area contributed by atoms with Crippen molar-refractivity contribution >= 4 is 23.2 Å². The summed E-state index contributed by atoms with van der Waals surface area (Å²) in [6.45, 7) is 4.60. The Morgan fingerprint density at radius 1 is 1.33 bits per heavy atom. The van der Waals surface area contributed by atoms with Crippen molar-refractivity contribution in [2.24, 2.45) is 10.9 Å². The molecule has 0 aromatic carbocycles. The molecule has 1 saturated carbocycles. The summed E-state index contributed by atoms with van der Waals surface area (Å²) >= 11 is 1.73. The lowest BCUT2D eigenvalue weighted by Crippen LogP contribution is -2.46. The molecule has 2 N–H and O–H groups in total. The zero-order valence-corrected chi connectivity index (χ0v) is 17.5. The first-order valence-electron chi connectivity index (χ1n) is 10.4. The number of aliphatic imine (C=N–C) groups is 1. The second-order valence-corrected chi connectivity index (χ2v) is 8.53. The van der Waals surface area contributed by atoms with E-state index in [1.807, 2.05) is 0 Å². The molecule has 0 radical (unpaired) electrons. The zero-order valence-electron chi connectivity index (χ0n) is 16.7. The van der Waals surface area contributed by atoms with Gasteiger partial charge in [0.15, 0.2) is 5.96 Å². The van der Waals surface area contributed by atoms with Crippen LogP contribution in [-0.2, 0) is 17.6 Å². The molecule has 2 heterocycles. The van der Waals surface area contributed by atoms with E-state index in [1.165, 1.54) is 24.3 Å². The topological polar surface area (TPSA) is 69.6 Å². The third-order valence-electron chi connectivity index (χ3n) is 5.59. The number of nitrogens with zero attached hydrogens (tertiary/aromatic N) is 3. The third-order valence-corrected chi connectivity index (χ3v) is 6.64. The second-order valence-electron chi connectivity index (χ2n) is 7.58. The van der Waals surface area contributed by atoms with Crippen LogP contribution in [0.5, 0.6) is 0 Å². The van der Waals surface area contributed by atoms with Crippen molar-refractivity contribution in [2.45, 2.75) is 64.3 Å². The van der Waals surface area contributed by atoms with E-state index in [0.29, 0.717) is 5.91 Å². The molecule has 1 aliphatic carbocycles. The Morgan fingerprint density at radius 2 is 2.15 bits per heavy atom. The number of hydrogen-bond acceptors (Lipinski definition) is 4. The number of hydrogen-bond donors (Lipinski definition) is 2. The molecule has 7 heteroatoms. The van der Waals surface area contributed by atoms with Gasteiger partial charge in [-0.05, 0) is 25.7 Å². The first-order chi connectivity index (χ1) is 13.2. The highest BCUT2D eigenvalue weighted by molar-refractivity contribution is 7.09. The summed E-state index contributed by atoms with van der Waals surface area (Å²) < 4.78 is 0. The van der Waals surface area contributed by atoms with Gasteiger partial charge in [-0.15, -0.1) is 11.3 Å². The fourth-order valence-electron chi connectivity index (χ4n) is 4.01. The van der Waals surface area contributed by atoms with Gasteiger partial charge in [0.1, 0.15) is 0 Å². The standard InChI is InChI=1S/C20H33N5OS/c1-3-18-23-17(14-27-18)9-11-22-20(21-2)24-16-10-12-25(13-16)19(26)15-7-5-4-6-8-15/h14-16H,3-13H2,1-2H3,(H2,21,22,24). The van der Waals surface area contributed by atoms with E-state index < -0.39 is 0 Å². The monoisotopic (exact) mass is 391 g/mol. The molecular formula is C20H33N5OS. The van der Waals surface area contributed by atoms with Gasteiger partial charge >= 0.3 is 0 Å². The molecule has 1 aromatic heterocycles. The number of aromatic nitrogens is 1. The van der Waals surface area contributed by atoms with E-state index in [2.05, 4.69) is 37.8 Å². The number of carbonyl (C=O) groups is 1. The van der Waals surface area contributed by atoms with Crippen molar-refractivity contribution in [3.63, 3.8) is 0 Å². The molecule has 1 aliphatic heterocycles. The van der Waals surface area contributed by atoms with Gasteiger partial charge in [0.05, 0.1) is 10.7 Å². The highest BCUT2D eigenvalue weighted by atomic mass is 32.1. The van der Waals surface area contributed by atoms with Crippen LogP contribution >= 0.6 is 11.3 Å². The molecule has 150 valence electrons. The van der Waals surface area contributed by atoms with E-state index >= 15 is 0 Å². The fraction of sp³-hybridized carbons (Fsp3) is 0.750. The highest BCUT2D eigenvalue weighted by Gasteiger charge is 2.31. The number of thiazole rings is 1. The van der Waals surface area contributed by atoms with E-state index in [4.69, 9.17) is 0 Å². The lowest BCUT2D eigenvalue weighted by atomic mass is 9.88. The average molecular weight is 392 g/mol. The molecule has 0 spiro atoms.